The molecule has 2 aromatic rings. The van der Waals surface area contributed by atoms with Crippen LogP contribution in [0.2, 0.25) is 0 Å². The molecule has 0 aliphatic heterocycles. The van der Waals surface area contributed by atoms with Crippen molar-refractivity contribution >= 4 is 29.1 Å². The largest absolute Gasteiger partial charge is 0.397 e. The van der Waals surface area contributed by atoms with Gasteiger partial charge in [0.2, 0.25) is 0 Å². The third-order valence-electron chi connectivity index (χ3n) is 5.09. The maximum absolute atomic E-state index is 7.13. The molecule has 0 atom stereocenters. The van der Waals surface area contributed by atoms with Crippen molar-refractivity contribution in [2.45, 2.75) is 71.1 Å². The first kappa shape index (κ1) is 22.2. The maximum Gasteiger partial charge on any atom is 0.355 e. The second-order valence-corrected chi connectivity index (χ2v) is 11.6. The van der Waals surface area contributed by atoms with E-state index >= 15 is 0 Å². The normalized spacial score (nSPS) is 11.6. The number of hydrogen-bond acceptors (Lipinski definition) is 1. The van der Waals surface area contributed by atoms with Crippen LogP contribution in [0.5, 0.6) is 0 Å². The minimum Gasteiger partial charge on any atom is -0.397 e. The Balaban J connectivity index is 1.73. The van der Waals surface area contributed by atoms with E-state index in [0.29, 0.717) is 0 Å². The van der Waals surface area contributed by atoms with Crippen molar-refractivity contribution in [3.8, 4) is 0 Å². The molecular formula is C24H35ClOSi. The molecule has 0 fully saturated rings. The number of rotatable bonds is 14. The van der Waals surface area contributed by atoms with Gasteiger partial charge in [0.1, 0.15) is 0 Å². The maximum atomic E-state index is 7.13. The van der Waals surface area contributed by atoms with Crippen LogP contribution in [0.15, 0.2) is 60.7 Å². The Morgan fingerprint density at radius 3 is 1.48 bits per heavy atom. The van der Waals surface area contributed by atoms with Gasteiger partial charge in [-0.15, -0.1) is 11.1 Å². The summed E-state index contributed by atoms with van der Waals surface area (Å²) in [6.07, 6.45) is 13.3. The fourth-order valence-corrected chi connectivity index (χ4v) is 6.76. The molecule has 0 N–H and O–H groups in total. The van der Waals surface area contributed by atoms with Gasteiger partial charge in [0.15, 0.2) is 0 Å². The Morgan fingerprint density at radius 1 is 0.630 bits per heavy atom. The Morgan fingerprint density at radius 2 is 1.04 bits per heavy atom. The molecule has 0 aliphatic rings. The van der Waals surface area contributed by atoms with Crippen LogP contribution in [0.1, 0.15) is 71.1 Å². The van der Waals surface area contributed by atoms with Gasteiger partial charge in [0.25, 0.3) is 0 Å². The zero-order valence-electron chi connectivity index (χ0n) is 16.8. The third-order valence-corrected chi connectivity index (χ3v) is 9.48. The van der Waals surface area contributed by atoms with E-state index in [1.165, 1.54) is 57.8 Å². The van der Waals surface area contributed by atoms with Gasteiger partial charge in [-0.3, -0.25) is 0 Å². The average Bonchev–Trinajstić information content (AvgIpc) is 2.73. The smallest absolute Gasteiger partial charge is 0.355 e. The standard InChI is InChI=1S/C24H35ClOSi/c1-2-3-4-5-6-7-8-9-10-17-22-26-27(25,23-18-13-11-14-19-23)24-20-15-12-16-21-24/h11-16,18-21H,2-10,17,22H2,1H3. The highest BCUT2D eigenvalue weighted by atomic mass is 35.6. The van der Waals surface area contributed by atoms with Gasteiger partial charge in [0.05, 0.1) is 0 Å². The van der Waals surface area contributed by atoms with Gasteiger partial charge in [-0.25, -0.2) is 0 Å². The predicted octanol–water partition coefficient (Wildman–Crippen LogP) is 6.42. The minimum absolute atomic E-state index is 0.746. The van der Waals surface area contributed by atoms with Gasteiger partial charge >= 0.3 is 7.63 Å². The van der Waals surface area contributed by atoms with E-state index in [1.807, 2.05) is 36.4 Å². The van der Waals surface area contributed by atoms with E-state index in [9.17, 15) is 0 Å². The lowest BCUT2D eigenvalue weighted by atomic mass is 10.1. The van der Waals surface area contributed by atoms with Crippen LogP contribution in [-0.4, -0.2) is 14.2 Å². The lowest BCUT2D eigenvalue weighted by Crippen LogP contribution is -2.56. The van der Waals surface area contributed by atoms with E-state index in [1.54, 1.807) is 0 Å². The van der Waals surface area contributed by atoms with E-state index < -0.39 is 7.63 Å². The van der Waals surface area contributed by atoms with Crippen molar-refractivity contribution in [1.82, 2.24) is 0 Å². The van der Waals surface area contributed by atoms with Crippen molar-refractivity contribution in [2.75, 3.05) is 6.61 Å². The summed E-state index contributed by atoms with van der Waals surface area (Å²) in [7, 11) is -2.62. The molecule has 0 saturated carbocycles. The molecule has 0 spiro atoms. The van der Waals surface area contributed by atoms with Crippen molar-refractivity contribution in [1.29, 1.82) is 0 Å². The summed E-state index contributed by atoms with van der Waals surface area (Å²) in [5.41, 5.74) is 0. The highest BCUT2D eigenvalue weighted by Crippen LogP contribution is 2.15. The summed E-state index contributed by atoms with van der Waals surface area (Å²) in [5, 5.41) is 2.26. The zero-order chi connectivity index (χ0) is 19.2. The van der Waals surface area contributed by atoms with Crippen LogP contribution in [-0.2, 0) is 4.43 Å². The molecule has 148 valence electrons. The van der Waals surface area contributed by atoms with Gasteiger partial charge in [0, 0.05) is 6.61 Å². The number of hydrogen-bond donors (Lipinski definition) is 0. The quantitative estimate of drug-likeness (QED) is 0.201. The molecule has 0 saturated heterocycles. The SMILES string of the molecule is CCCCCCCCCCCCO[Si](Cl)(c1ccccc1)c1ccccc1. The third kappa shape index (κ3) is 7.81. The lowest BCUT2D eigenvalue weighted by Gasteiger charge is -2.25. The molecule has 0 aliphatic carbocycles. The summed E-state index contributed by atoms with van der Waals surface area (Å²) < 4.78 is 6.38. The van der Waals surface area contributed by atoms with Crippen LogP contribution < -0.4 is 10.4 Å². The van der Waals surface area contributed by atoms with E-state index in [-0.39, 0.29) is 0 Å². The summed E-state index contributed by atoms with van der Waals surface area (Å²) in [6, 6.07) is 20.7. The topological polar surface area (TPSA) is 9.23 Å². The number of benzene rings is 2. The molecule has 0 radical (unpaired) electrons. The van der Waals surface area contributed by atoms with Gasteiger partial charge in [-0.1, -0.05) is 125 Å². The Labute approximate surface area is 171 Å². The van der Waals surface area contributed by atoms with E-state index in [0.717, 1.165) is 23.4 Å². The zero-order valence-corrected chi connectivity index (χ0v) is 18.6. The molecule has 27 heavy (non-hydrogen) atoms. The monoisotopic (exact) mass is 402 g/mol. The Kier molecular flexibility index (Phi) is 10.8. The molecule has 0 aromatic heterocycles. The molecular weight excluding hydrogens is 368 g/mol. The second kappa shape index (κ2) is 13.1. The average molecular weight is 403 g/mol. The van der Waals surface area contributed by atoms with Gasteiger partial charge in [-0.05, 0) is 16.8 Å². The van der Waals surface area contributed by atoms with Crippen molar-refractivity contribution in [2.24, 2.45) is 0 Å². The lowest BCUT2D eigenvalue weighted by molar-refractivity contribution is 0.313. The van der Waals surface area contributed by atoms with Gasteiger partial charge in [-0.2, -0.15) is 0 Å². The Bertz CT molecular complexity index is 563. The fourth-order valence-electron chi connectivity index (χ4n) is 3.44. The second-order valence-electron chi connectivity index (χ2n) is 7.36. The summed E-state index contributed by atoms with van der Waals surface area (Å²) in [4.78, 5) is 0. The van der Waals surface area contributed by atoms with E-state index in [4.69, 9.17) is 15.5 Å². The van der Waals surface area contributed by atoms with Crippen LogP contribution in [0.4, 0.5) is 0 Å². The molecule has 0 bridgehead atoms. The van der Waals surface area contributed by atoms with Crippen LogP contribution in [0.3, 0.4) is 0 Å². The predicted molar refractivity (Wildman–Crippen MR) is 122 cm³/mol. The molecule has 0 amide bonds. The van der Waals surface area contributed by atoms with Crippen LogP contribution >= 0.6 is 11.1 Å². The first-order chi connectivity index (χ1) is 13.3. The Hall–Kier alpha value is -1.09. The fraction of sp³-hybridized carbons (Fsp3) is 0.500. The summed E-state index contributed by atoms with van der Waals surface area (Å²) in [5.74, 6) is 0. The first-order valence-electron chi connectivity index (χ1n) is 10.7. The molecule has 0 heterocycles. The van der Waals surface area contributed by atoms with Crippen molar-refractivity contribution in [3.63, 3.8) is 0 Å². The number of unbranched alkanes of at least 4 members (excludes halogenated alkanes) is 9. The highest BCUT2D eigenvalue weighted by molar-refractivity contribution is 7.30. The molecule has 0 unspecified atom stereocenters. The van der Waals surface area contributed by atoms with Crippen molar-refractivity contribution < 1.29 is 4.43 Å². The molecule has 3 heteroatoms. The summed E-state index contributed by atoms with van der Waals surface area (Å²) in [6.45, 7) is 3.02. The molecule has 1 nitrogen and oxygen atoms in total. The molecule has 2 rings (SSSR count). The van der Waals surface area contributed by atoms with Crippen LogP contribution in [0, 0.1) is 0 Å². The van der Waals surface area contributed by atoms with Crippen molar-refractivity contribution in [3.05, 3.63) is 60.7 Å². The first-order valence-corrected chi connectivity index (χ1v) is 13.6. The van der Waals surface area contributed by atoms with E-state index in [2.05, 4.69) is 31.2 Å². The number of halogens is 1. The van der Waals surface area contributed by atoms with Gasteiger partial charge < -0.3 is 4.43 Å². The molecule has 2 aromatic carbocycles. The summed E-state index contributed by atoms with van der Waals surface area (Å²) >= 11 is 7.13. The minimum atomic E-state index is -2.62. The van der Waals surface area contributed by atoms with Crippen LogP contribution in [0.25, 0.3) is 0 Å². The highest BCUT2D eigenvalue weighted by Gasteiger charge is 2.37.